The summed E-state index contributed by atoms with van der Waals surface area (Å²) in [7, 11) is 1.59. The Kier molecular flexibility index (Phi) is 6.58. The van der Waals surface area contributed by atoms with Crippen LogP contribution in [-0.2, 0) is 18.3 Å². The summed E-state index contributed by atoms with van der Waals surface area (Å²) in [5.74, 6) is 0.183. The van der Waals surface area contributed by atoms with Gasteiger partial charge in [0.25, 0.3) is 0 Å². The van der Waals surface area contributed by atoms with Crippen LogP contribution in [0.2, 0.25) is 5.02 Å². The highest BCUT2D eigenvalue weighted by molar-refractivity contribution is 6.32. The molecule has 184 valence electrons. The first-order valence-corrected chi connectivity index (χ1v) is 11.6. The van der Waals surface area contributed by atoms with E-state index in [1.807, 2.05) is 18.7 Å². The fourth-order valence-electron chi connectivity index (χ4n) is 4.19. The number of morpholine rings is 1. The lowest BCUT2D eigenvalue weighted by Crippen LogP contribution is -2.46. The Morgan fingerprint density at radius 3 is 2.59 bits per heavy atom. The molecule has 9 nitrogen and oxygen atoms in total. The van der Waals surface area contributed by atoms with Crippen LogP contribution < -0.4 is 15.9 Å². The molecule has 0 unspecified atom stereocenters. The number of imidazole rings is 1. The Morgan fingerprint density at radius 2 is 1.94 bits per heavy atom. The highest BCUT2D eigenvalue weighted by Gasteiger charge is 2.25. The number of aliphatic hydroxyl groups is 1. The minimum Gasteiger partial charge on any atom is -0.390 e. The highest BCUT2D eigenvalue weighted by Crippen LogP contribution is 2.30. The lowest BCUT2D eigenvalue weighted by Gasteiger charge is -2.35. The number of nitrogens with zero attached hydrogens (tertiary/aromatic N) is 5. The van der Waals surface area contributed by atoms with Gasteiger partial charge in [-0.1, -0.05) is 11.6 Å². The number of aromatic nitrogens is 4. The Labute approximate surface area is 202 Å². The Balaban J connectivity index is 1.69. The van der Waals surface area contributed by atoms with Crippen LogP contribution in [0.1, 0.15) is 34.1 Å². The predicted octanol–water partition coefficient (Wildman–Crippen LogP) is 3.44. The van der Waals surface area contributed by atoms with Gasteiger partial charge < -0.3 is 20.1 Å². The Bertz CT molecular complexity index is 1260. The van der Waals surface area contributed by atoms with Crippen LogP contribution in [0.4, 0.5) is 21.8 Å². The zero-order valence-corrected chi connectivity index (χ0v) is 20.7. The van der Waals surface area contributed by atoms with Gasteiger partial charge in [0.2, 0.25) is 5.95 Å². The first-order chi connectivity index (χ1) is 15.9. The maximum Gasteiger partial charge on any atom is 0.328 e. The number of halogens is 2. The van der Waals surface area contributed by atoms with E-state index in [1.165, 1.54) is 21.4 Å². The van der Waals surface area contributed by atoms with Gasteiger partial charge in [0, 0.05) is 32.7 Å². The number of hydrogen-bond acceptors (Lipinski definition) is 7. The molecule has 1 aromatic carbocycles. The molecule has 4 rings (SSSR count). The highest BCUT2D eigenvalue weighted by atomic mass is 35.5. The van der Waals surface area contributed by atoms with Crippen molar-refractivity contribution in [3.8, 4) is 0 Å². The number of aryl methyl sites for hydroxylation is 2. The topological polar surface area (TPSA) is 97.4 Å². The summed E-state index contributed by atoms with van der Waals surface area (Å²) in [6.07, 6.45) is 1.90. The van der Waals surface area contributed by atoms with E-state index in [4.69, 9.17) is 16.3 Å². The van der Waals surface area contributed by atoms with Crippen molar-refractivity contribution in [3.05, 3.63) is 39.7 Å². The second-order valence-electron chi connectivity index (χ2n) is 9.53. The fraction of sp³-hybridized carbons (Fsp3) is 0.522. The third-order valence-corrected chi connectivity index (χ3v) is 6.14. The lowest BCUT2D eigenvalue weighted by molar-refractivity contribution is -0.00571. The van der Waals surface area contributed by atoms with Crippen molar-refractivity contribution in [2.45, 2.75) is 58.5 Å². The van der Waals surface area contributed by atoms with Crippen molar-refractivity contribution < 1.29 is 14.2 Å². The van der Waals surface area contributed by atoms with Crippen LogP contribution in [0.5, 0.6) is 0 Å². The van der Waals surface area contributed by atoms with Gasteiger partial charge in [-0.25, -0.2) is 14.2 Å². The summed E-state index contributed by atoms with van der Waals surface area (Å²) in [6.45, 7) is 8.88. The molecule has 0 spiro atoms. The first-order valence-electron chi connectivity index (χ1n) is 11.2. The summed E-state index contributed by atoms with van der Waals surface area (Å²) in [4.78, 5) is 23.6. The normalized spacial score (nSPS) is 19.1. The molecule has 1 aliphatic rings. The van der Waals surface area contributed by atoms with Crippen LogP contribution in [0.15, 0.2) is 23.1 Å². The van der Waals surface area contributed by atoms with Gasteiger partial charge in [-0.15, -0.1) is 0 Å². The van der Waals surface area contributed by atoms with Crippen molar-refractivity contribution in [3.63, 3.8) is 0 Å². The average molecular weight is 493 g/mol. The molecule has 0 radical (unpaired) electrons. The summed E-state index contributed by atoms with van der Waals surface area (Å²) in [6, 6.07) is 2.87. The van der Waals surface area contributed by atoms with Gasteiger partial charge in [-0.05, 0) is 40.2 Å². The van der Waals surface area contributed by atoms with Gasteiger partial charge in [-0.3, -0.25) is 9.13 Å². The number of ether oxygens (including phenoxy) is 1. The van der Waals surface area contributed by atoms with Crippen LogP contribution in [0.3, 0.4) is 0 Å². The molecule has 2 aromatic heterocycles. The Morgan fingerprint density at radius 1 is 1.26 bits per heavy atom. The molecule has 0 aliphatic carbocycles. The van der Waals surface area contributed by atoms with Gasteiger partial charge >= 0.3 is 5.69 Å². The summed E-state index contributed by atoms with van der Waals surface area (Å²) >= 11 is 6.33. The zero-order valence-electron chi connectivity index (χ0n) is 20.0. The summed E-state index contributed by atoms with van der Waals surface area (Å²) < 4.78 is 23.7. The number of benzene rings is 1. The molecule has 11 heteroatoms. The number of rotatable bonds is 6. The number of fused-ring (bicyclic) bond motifs is 1. The number of nitrogens with one attached hydrogen (secondary N) is 1. The van der Waals surface area contributed by atoms with Crippen LogP contribution >= 0.6 is 11.6 Å². The smallest absolute Gasteiger partial charge is 0.328 e. The molecule has 0 bridgehead atoms. The molecule has 1 fully saturated rings. The van der Waals surface area contributed by atoms with Gasteiger partial charge in [-0.2, -0.15) is 4.98 Å². The van der Waals surface area contributed by atoms with Gasteiger partial charge in [0.15, 0.2) is 5.82 Å². The van der Waals surface area contributed by atoms with Crippen molar-refractivity contribution >= 4 is 40.1 Å². The number of anilines is 3. The van der Waals surface area contributed by atoms with Crippen molar-refractivity contribution in [2.24, 2.45) is 7.05 Å². The third-order valence-electron chi connectivity index (χ3n) is 5.87. The summed E-state index contributed by atoms with van der Waals surface area (Å²) in [5.41, 5.74) is -0.0993. The monoisotopic (exact) mass is 492 g/mol. The van der Waals surface area contributed by atoms with Gasteiger partial charge in [0.1, 0.15) is 10.8 Å². The van der Waals surface area contributed by atoms with Crippen LogP contribution in [-0.4, -0.2) is 55.1 Å². The standard InChI is InChI=1S/C23H30ClFN6O3/c1-13-11-30(12-14(2)34-13)21-26-10-15(24)20(28-21)27-17-9-19-18(8-16(17)25)29(5)22(32)31(19)7-6-23(3,4)33/h8-10,13-14,33H,6-7,11-12H2,1-5H3,(H,26,27,28)/t13-,14+. The van der Waals surface area contributed by atoms with Gasteiger partial charge in [0.05, 0.1) is 40.7 Å². The second kappa shape index (κ2) is 9.16. The number of hydrogen-bond donors (Lipinski definition) is 2. The second-order valence-corrected chi connectivity index (χ2v) is 9.94. The maximum absolute atomic E-state index is 15.1. The Hall–Kier alpha value is -2.69. The van der Waals surface area contributed by atoms with E-state index in [9.17, 15) is 9.90 Å². The first kappa shape index (κ1) is 24.4. The minimum atomic E-state index is -0.942. The molecule has 0 amide bonds. The molecule has 3 heterocycles. The largest absolute Gasteiger partial charge is 0.390 e. The predicted molar refractivity (Wildman–Crippen MR) is 131 cm³/mol. The fourth-order valence-corrected chi connectivity index (χ4v) is 4.33. The van der Waals surface area contributed by atoms with Crippen molar-refractivity contribution in [1.82, 2.24) is 19.1 Å². The molecular weight excluding hydrogens is 463 g/mol. The van der Waals surface area contributed by atoms with Crippen LogP contribution in [0, 0.1) is 5.82 Å². The molecule has 2 N–H and O–H groups in total. The van der Waals surface area contributed by atoms with Crippen LogP contribution in [0.25, 0.3) is 11.0 Å². The van der Waals surface area contributed by atoms with E-state index in [2.05, 4.69) is 15.3 Å². The van der Waals surface area contributed by atoms with E-state index >= 15 is 4.39 Å². The maximum atomic E-state index is 15.1. The van der Waals surface area contributed by atoms with E-state index in [1.54, 1.807) is 27.0 Å². The molecular formula is C23H30ClFN6O3. The van der Waals surface area contributed by atoms with Crippen molar-refractivity contribution in [2.75, 3.05) is 23.3 Å². The third kappa shape index (κ3) is 5.03. The quantitative estimate of drug-likeness (QED) is 0.544. The van der Waals surface area contributed by atoms with E-state index < -0.39 is 11.4 Å². The average Bonchev–Trinajstić information content (AvgIpc) is 2.96. The molecule has 2 atom stereocenters. The zero-order chi connectivity index (χ0) is 24.8. The molecule has 0 saturated carbocycles. The lowest BCUT2D eigenvalue weighted by atomic mass is 10.1. The molecule has 3 aromatic rings. The minimum absolute atomic E-state index is 0.0259. The molecule has 34 heavy (non-hydrogen) atoms. The molecule has 1 aliphatic heterocycles. The SMILES string of the molecule is C[C@@H]1CN(c2ncc(Cl)c(Nc3cc4c(cc3F)n(C)c(=O)n4CCC(C)(C)O)n2)C[C@H](C)O1. The van der Waals surface area contributed by atoms with E-state index in [0.29, 0.717) is 36.5 Å². The van der Waals surface area contributed by atoms with E-state index in [-0.39, 0.29) is 41.0 Å². The molecule has 1 saturated heterocycles. The summed E-state index contributed by atoms with van der Waals surface area (Å²) in [5, 5.41) is 13.3. The van der Waals surface area contributed by atoms with Crippen molar-refractivity contribution in [1.29, 1.82) is 0 Å². The van der Waals surface area contributed by atoms with E-state index in [0.717, 1.165) is 0 Å².